The Labute approximate surface area is 114 Å². The van der Waals surface area contributed by atoms with Gasteiger partial charge in [-0.05, 0) is 24.0 Å². The van der Waals surface area contributed by atoms with Gasteiger partial charge in [0.25, 0.3) is 0 Å². The van der Waals surface area contributed by atoms with Crippen LogP contribution in [-0.2, 0) is 13.5 Å². The van der Waals surface area contributed by atoms with Crippen molar-refractivity contribution in [2.45, 2.75) is 33.1 Å². The third kappa shape index (κ3) is 2.57. The highest BCUT2D eigenvalue weighted by Crippen LogP contribution is 2.34. The summed E-state index contributed by atoms with van der Waals surface area (Å²) in [4.78, 5) is 0. The highest BCUT2D eigenvalue weighted by Gasteiger charge is 2.16. The third-order valence-corrected chi connectivity index (χ3v) is 3.19. The Balaban J connectivity index is 2.39. The van der Waals surface area contributed by atoms with Crippen LogP contribution in [0, 0.1) is 0 Å². The van der Waals surface area contributed by atoms with Gasteiger partial charge >= 0.3 is 0 Å². The molecule has 1 aromatic carbocycles. The van der Waals surface area contributed by atoms with Gasteiger partial charge in [-0.1, -0.05) is 39.0 Å². The second-order valence-electron chi connectivity index (χ2n) is 4.94. The first-order valence-corrected chi connectivity index (χ1v) is 6.62. The fourth-order valence-electron chi connectivity index (χ4n) is 2.11. The zero-order chi connectivity index (χ0) is 14.0. The van der Waals surface area contributed by atoms with Crippen molar-refractivity contribution in [3.05, 3.63) is 35.5 Å². The molecule has 0 aliphatic carbocycles. The molecule has 19 heavy (non-hydrogen) atoms. The highest BCUT2D eigenvalue weighted by atomic mass is 16.5. The number of nitrogens with zero attached hydrogens (tertiary/aromatic N) is 2. The number of rotatable bonds is 4. The number of nitrogen functional groups attached to an aromatic ring is 1. The van der Waals surface area contributed by atoms with E-state index in [0.29, 0.717) is 17.5 Å². The van der Waals surface area contributed by atoms with Crippen LogP contribution in [0.5, 0.6) is 11.6 Å². The molecule has 0 bridgehead atoms. The second kappa shape index (κ2) is 5.34. The molecule has 0 saturated heterocycles. The van der Waals surface area contributed by atoms with E-state index in [-0.39, 0.29) is 0 Å². The standard InChI is InChI=1S/C15H21N3O/c1-5-12-14(16)15(18(4)17-12)19-13-9-7-6-8-11(13)10(2)3/h6-10H,5,16H2,1-4H3. The van der Waals surface area contributed by atoms with Crippen molar-refractivity contribution in [3.63, 3.8) is 0 Å². The first kappa shape index (κ1) is 13.5. The third-order valence-electron chi connectivity index (χ3n) is 3.19. The molecule has 0 saturated carbocycles. The first-order valence-electron chi connectivity index (χ1n) is 6.62. The fourth-order valence-corrected chi connectivity index (χ4v) is 2.11. The lowest BCUT2D eigenvalue weighted by atomic mass is 10.0. The van der Waals surface area contributed by atoms with Gasteiger partial charge in [0.15, 0.2) is 0 Å². The topological polar surface area (TPSA) is 53.1 Å². The fraction of sp³-hybridized carbons (Fsp3) is 0.400. The molecule has 0 radical (unpaired) electrons. The van der Waals surface area contributed by atoms with Crippen molar-refractivity contribution in [1.82, 2.24) is 9.78 Å². The average molecular weight is 259 g/mol. The van der Waals surface area contributed by atoms with E-state index in [1.807, 2.05) is 32.2 Å². The van der Waals surface area contributed by atoms with Gasteiger partial charge in [-0.3, -0.25) is 0 Å². The van der Waals surface area contributed by atoms with Crippen LogP contribution in [0.1, 0.15) is 37.9 Å². The minimum Gasteiger partial charge on any atom is -0.437 e. The first-order chi connectivity index (χ1) is 9.04. The molecular formula is C15H21N3O. The summed E-state index contributed by atoms with van der Waals surface area (Å²) in [5.41, 5.74) is 8.75. The Morgan fingerprint density at radius 1 is 1.32 bits per heavy atom. The summed E-state index contributed by atoms with van der Waals surface area (Å²) < 4.78 is 7.69. The maximum atomic E-state index is 6.08. The number of para-hydroxylation sites is 1. The number of nitrogens with two attached hydrogens (primary N) is 1. The molecule has 1 heterocycles. The maximum absolute atomic E-state index is 6.08. The summed E-state index contributed by atoms with van der Waals surface area (Å²) in [5.74, 6) is 1.86. The predicted molar refractivity (Wildman–Crippen MR) is 77.6 cm³/mol. The molecule has 2 N–H and O–H groups in total. The molecule has 0 unspecified atom stereocenters. The number of aryl methyl sites for hydroxylation is 2. The Kier molecular flexibility index (Phi) is 3.79. The van der Waals surface area contributed by atoms with Gasteiger partial charge in [0, 0.05) is 7.05 Å². The van der Waals surface area contributed by atoms with E-state index in [0.717, 1.165) is 17.9 Å². The zero-order valence-electron chi connectivity index (χ0n) is 12.0. The van der Waals surface area contributed by atoms with E-state index >= 15 is 0 Å². The maximum Gasteiger partial charge on any atom is 0.241 e. The number of hydrogen-bond acceptors (Lipinski definition) is 3. The van der Waals surface area contributed by atoms with Gasteiger partial charge in [0.2, 0.25) is 5.88 Å². The molecule has 2 rings (SSSR count). The van der Waals surface area contributed by atoms with E-state index in [4.69, 9.17) is 10.5 Å². The molecule has 0 amide bonds. The van der Waals surface area contributed by atoms with Crippen molar-refractivity contribution in [2.75, 3.05) is 5.73 Å². The van der Waals surface area contributed by atoms with Crippen LogP contribution in [0.25, 0.3) is 0 Å². The van der Waals surface area contributed by atoms with E-state index in [2.05, 4.69) is 25.0 Å². The average Bonchev–Trinajstić information content (AvgIpc) is 2.66. The number of anilines is 1. The molecule has 4 heteroatoms. The number of ether oxygens (including phenoxy) is 1. The zero-order valence-corrected chi connectivity index (χ0v) is 12.0. The summed E-state index contributed by atoms with van der Waals surface area (Å²) in [6.45, 7) is 6.32. The number of hydrogen-bond donors (Lipinski definition) is 1. The summed E-state index contributed by atoms with van der Waals surface area (Å²) in [6, 6.07) is 8.03. The lowest BCUT2D eigenvalue weighted by Crippen LogP contribution is -2.00. The van der Waals surface area contributed by atoms with Crippen molar-refractivity contribution in [1.29, 1.82) is 0 Å². The Bertz CT molecular complexity index is 573. The van der Waals surface area contributed by atoms with Crippen LogP contribution < -0.4 is 10.5 Å². The van der Waals surface area contributed by atoms with E-state index in [9.17, 15) is 0 Å². The Morgan fingerprint density at radius 3 is 2.58 bits per heavy atom. The highest BCUT2D eigenvalue weighted by molar-refractivity contribution is 5.55. The predicted octanol–water partition coefficient (Wildman–Crippen LogP) is 3.48. The lowest BCUT2D eigenvalue weighted by molar-refractivity contribution is 0.426. The van der Waals surface area contributed by atoms with E-state index in [1.54, 1.807) is 4.68 Å². The number of benzene rings is 1. The van der Waals surface area contributed by atoms with Gasteiger partial charge in [-0.25, -0.2) is 4.68 Å². The lowest BCUT2D eigenvalue weighted by Gasteiger charge is -2.13. The Hall–Kier alpha value is -1.97. The van der Waals surface area contributed by atoms with Gasteiger partial charge in [-0.2, -0.15) is 5.10 Å². The minimum absolute atomic E-state index is 0.399. The van der Waals surface area contributed by atoms with Crippen LogP contribution in [0.2, 0.25) is 0 Å². The van der Waals surface area contributed by atoms with Gasteiger partial charge in [0.05, 0.1) is 5.69 Å². The monoisotopic (exact) mass is 259 g/mol. The minimum atomic E-state index is 0.399. The van der Waals surface area contributed by atoms with Crippen LogP contribution in [0.15, 0.2) is 24.3 Å². The van der Waals surface area contributed by atoms with Crippen LogP contribution in [-0.4, -0.2) is 9.78 Å². The quantitative estimate of drug-likeness (QED) is 0.914. The van der Waals surface area contributed by atoms with Crippen molar-refractivity contribution in [2.24, 2.45) is 7.05 Å². The van der Waals surface area contributed by atoms with Crippen LogP contribution in [0.4, 0.5) is 5.69 Å². The molecule has 0 aliphatic rings. The van der Waals surface area contributed by atoms with Crippen LogP contribution in [0.3, 0.4) is 0 Å². The SMILES string of the molecule is CCc1nn(C)c(Oc2ccccc2C(C)C)c1N. The molecule has 102 valence electrons. The summed E-state index contributed by atoms with van der Waals surface area (Å²) in [7, 11) is 1.85. The van der Waals surface area contributed by atoms with Crippen molar-refractivity contribution >= 4 is 5.69 Å². The van der Waals surface area contributed by atoms with E-state index < -0.39 is 0 Å². The molecule has 2 aromatic rings. The van der Waals surface area contributed by atoms with Gasteiger partial charge in [-0.15, -0.1) is 0 Å². The molecule has 1 aromatic heterocycles. The summed E-state index contributed by atoms with van der Waals surface area (Å²) in [6.07, 6.45) is 0.800. The van der Waals surface area contributed by atoms with Crippen molar-refractivity contribution in [3.8, 4) is 11.6 Å². The molecule has 4 nitrogen and oxygen atoms in total. The second-order valence-corrected chi connectivity index (χ2v) is 4.94. The smallest absolute Gasteiger partial charge is 0.241 e. The molecule has 0 spiro atoms. The molecule has 0 atom stereocenters. The van der Waals surface area contributed by atoms with Crippen molar-refractivity contribution < 1.29 is 4.74 Å². The largest absolute Gasteiger partial charge is 0.437 e. The Morgan fingerprint density at radius 2 is 2.00 bits per heavy atom. The van der Waals surface area contributed by atoms with E-state index in [1.165, 1.54) is 5.56 Å². The summed E-state index contributed by atoms with van der Waals surface area (Å²) >= 11 is 0. The summed E-state index contributed by atoms with van der Waals surface area (Å²) in [5, 5.41) is 4.37. The van der Waals surface area contributed by atoms with Crippen LogP contribution >= 0.6 is 0 Å². The number of aromatic nitrogens is 2. The van der Waals surface area contributed by atoms with Gasteiger partial charge in [0.1, 0.15) is 11.4 Å². The molecular weight excluding hydrogens is 238 g/mol. The normalized spacial score (nSPS) is 11.0. The van der Waals surface area contributed by atoms with Gasteiger partial charge < -0.3 is 10.5 Å². The molecule has 0 aliphatic heterocycles. The molecule has 0 fully saturated rings.